The number of nitrogens with zero attached hydrogens (tertiary/aromatic N) is 3. The molecule has 0 spiro atoms. The van der Waals surface area contributed by atoms with Gasteiger partial charge in [-0.25, -0.2) is 4.68 Å². The molecular weight excluding hydrogens is 364 g/mol. The Bertz CT molecular complexity index is 1090. The van der Waals surface area contributed by atoms with Crippen molar-refractivity contribution in [3.8, 4) is 5.75 Å². The lowest BCUT2D eigenvalue weighted by Crippen LogP contribution is -2.35. The third-order valence-corrected chi connectivity index (χ3v) is 4.80. The van der Waals surface area contributed by atoms with Gasteiger partial charge in [-0.2, -0.15) is 0 Å². The number of nitrogens with one attached hydrogen (secondary N) is 1. The first-order valence-corrected chi connectivity index (χ1v) is 9.49. The summed E-state index contributed by atoms with van der Waals surface area (Å²) in [7, 11) is 1.62. The lowest BCUT2D eigenvalue weighted by molar-refractivity contribution is -0.121. The minimum Gasteiger partial charge on any atom is -0.497 e. The van der Waals surface area contributed by atoms with Crippen molar-refractivity contribution in [2.45, 2.75) is 19.0 Å². The number of rotatable bonds is 7. The molecule has 4 aromatic rings. The van der Waals surface area contributed by atoms with Crippen molar-refractivity contribution in [3.05, 3.63) is 90.0 Å². The molecule has 0 bridgehead atoms. The van der Waals surface area contributed by atoms with E-state index in [2.05, 4.69) is 15.6 Å². The van der Waals surface area contributed by atoms with E-state index in [1.165, 1.54) is 0 Å². The first-order valence-electron chi connectivity index (χ1n) is 9.49. The number of aromatic nitrogens is 3. The van der Waals surface area contributed by atoms with Crippen LogP contribution >= 0.6 is 0 Å². The van der Waals surface area contributed by atoms with Crippen LogP contribution in [-0.2, 0) is 17.6 Å². The van der Waals surface area contributed by atoms with Crippen molar-refractivity contribution in [1.29, 1.82) is 0 Å². The molecule has 146 valence electrons. The van der Waals surface area contributed by atoms with Crippen molar-refractivity contribution >= 4 is 16.9 Å². The van der Waals surface area contributed by atoms with Crippen LogP contribution in [0.1, 0.15) is 17.3 Å². The SMILES string of the molecule is COc1ccc(CC(=O)NC(Cc2ccccc2)n2nnc3ccccc32)cc1. The van der Waals surface area contributed by atoms with Gasteiger partial charge in [0.25, 0.3) is 0 Å². The fourth-order valence-corrected chi connectivity index (χ4v) is 3.32. The summed E-state index contributed by atoms with van der Waals surface area (Å²) < 4.78 is 6.96. The summed E-state index contributed by atoms with van der Waals surface area (Å²) in [6.07, 6.45) is 0.556. The van der Waals surface area contributed by atoms with Gasteiger partial charge in [-0.05, 0) is 35.4 Å². The minimum absolute atomic E-state index is 0.0734. The van der Waals surface area contributed by atoms with E-state index in [4.69, 9.17) is 4.74 Å². The highest BCUT2D eigenvalue weighted by atomic mass is 16.5. The molecule has 6 heteroatoms. The summed E-state index contributed by atoms with van der Waals surface area (Å²) >= 11 is 0. The highest BCUT2D eigenvalue weighted by molar-refractivity contribution is 5.79. The van der Waals surface area contributed by atoms with E-state index in [1.54, 1.807) is 11.8 Å². The number of fused-ring (bicyclic) bond motifs is 1. The molecule has 0 radical (unpaired) electrons. The number of benzene rings is 3. The van der Waals surface area contributed by atoms with E-state index in [0.29, 0.717) is 6.42 Å². The molecule has 1 amide bonds. The topological polar surface area (TPSA) is 69.0 Å². The van der Waals surface area contributed by atoms with Gasteiger partial charge in [0.1, 0.15) is 17.4 Å². The average Bonchev–Trinajstić information content (AvgIpc) is 3.19. The van der Waals surface area contributed by atoms with E-state index in [9.17, 15) is 4.79 Å². The summed E-state index contributed by atoms with van der Waals surface area (Å²) in [5, 5.41) is 11.7. The van der Waals surface area contributed by atoms with Gasteiger partial charge in [-0.15, -0.1) is 5.10 Å². The molecule has 0 fully saturated rings. The molecular formula is C23H22N4O2. The standard InChI is InChI=1S/C23H22N4O2/c1-29-19-13-11-18(12-14-19)16-23(28)24-22(15-17-7-3-2-4-8-17)27-21-10-6-5-9-20(21)25-26-27/h2-14,22H,15-16H2,1H3,(H,24,28). The number of hydrogen-bond acceptors (Lipinski definition) is 4. The van der Waals surface area contributed by atoms with Gasteiger partial charge in [0.05, 0.1) is 19.0 Å². The third kappa shape index (κ3) is 4.43. The Morgan fingerprint density at radius 2 is 1.69 bits per heavy atom. The zero-order chi connectivity index (χ0) is 20.1. The molecule has 1 unspecified atom stereocenters. The summed E-state index contributed by atoms with van der Waals surface area (Å²) in [5.41, 5.74) is 3.72. The predicted octanol–water partition coefficient (Wildman–Crippen LogP) is 3.54. The van der Waals surface area contributed by atoms with E-state index in [1.807, 2.05) is 78.9 Å². The molecule has 29 heavy (non-hydrogen) atoms. The van der Waals surface area contributed by atoms with Crippen molar-refractivity contribution in [3.63, 3.8) is 0 Å². The smallest absolute Gasteiger partial charge is 0.226 e. The molecule has 6 nitrogen and oxygen atoms in total. The first kappa shape index (κ1) is 18.7. The predicted molar refractivity (Wildman–Crippen MR) is 112 cm³/mol. The second kappa shape index (κ2) is 8.56. The van der Waals surface area contributed by atoms with Crippen LogP contribution in [0, 0.1) is 0 Å². The van der Waals surface area contributed by atoms with Gasteiger partial charge in [0, 0.05) is 6.42 Å². The number of ether oxygens (including phenoxy) is 1. The second-order valence-corrected chi connectivity index (χ2v) is 6.82. The van der Waals surface area contributed by atoms with E-state index < -0.39 is 0 Å². The lowest BCUT2D eigenvalue weighted by atomic mass is 10.1. The highest BCUT2D eigenvalue weighted by Crippen LogP contribution is 2.18. The quantitative estimate of drug-likeness (QED) is 0.527. The third-order valence-electron chi connectivity index (χ3n) is 4.80. The minimum atomic E-state index is -0.337. The number of carbonyl (C=O) groups is 1. The Morgan fingerprint density at radius 3 is 2.45 bits per heavy atom. The average molecular weight is 386 g/mol. The molecule has 0 aliphatic rings. The van der Waals surface area contributed by atoms with Crippen LogP contribution in [0.5, 0.6) is 5.75 Å². The van der Waals surface area contributed by atoms with Crippen molar-refractivity contribution in [2.75, 3.05) is 7.11 Å². The molecule has 0 aliphatic carbocycles. The lowest BCUT2D eigenvalue weighted by Gasteiger charge is -2.20. The Morgan fingerprint density at radius 1 is 0.966 bits per heavy atom. The normalized spacial score (nSPS) is 11.9. The molecule has 1 N–H and O–H groups in total. The Hall–Kier alpha value is -3.67. The van der Waals surface area contributed by atoms with Crippen LogP contribution in [0.2, 0.25) is 0 Å². The van der Waals surface area contributed by atoms with Gasteiger partial charge in [0.2, 0.25) is 5.91 Å². The van der Waals surface area contributed by atoms with E-state index in [0.717, 1.165) is 27.9 Å². The van der Waals surface area contributed by atoms with Crippen LogP contribution in [0.4, 0.5) is 0 Å². The van der Waals surface area contributed by atoms with Crippen molar-refractivity contribution in [2.24, 2.45) is 0 Å². The van der Waals surface area contributed by atoms with E-state index in [-0.39, 0.29) is 18.5 Å². The van der Waals surface area contributed by atoms with Crippen molar-refractivity contribution < 1.29 is 9.53 Å². The Balaban J connectivity index is 1.57. The van der Waals surface area contributed by atoms with Crippen LogP contribution in [-0.4, -0.2) is 28.0 Å². The number of methoxy groups -OCH3 is 1. The zero-order valence-electron chi connectivity index (χ0n) is 16.2. The molecule has 0 aliphatic heterocycles. The summed E-state index contributed by atoms with van der Waals surface area (Å²) in [6, 6.07) is 25.3. The molecule has 1 atom stereocenters. The Labute approximate surface area is 169 Å². The maximum atomic E-state index is 12.8. The summed E-state index contributed by atoms with van der Waals surface area (Å²) in [5.74, 6) is 0.695. The molecule has 0 saturated heterocycles. The van der Waals surface area contributed by atoms with Gasteiger partial charge in [0.15, 0.2) is 0 Å². The number of carbonyl (C=O) groups excluding carboxylic acids is 1. The number of para-hydroxylation sites is 1. The molecule has 4 rings (SSSR count). The summed E-state index contributed by atoms with van der Waals surface area (Å²) in [4.78, 5) is 12.8. The molecule has 1 aromatic heterocycles. The zero-order valence-corrected chi connectivity index (χ0v) is 16.2. The first-order chi connectivity index (χ1) is 14.2. The largest absolute Gasteiger partial charge is 0.497 e. The monoisotopic (exact) mass is 386 g/mol. The maximum absolute atomic E-state index is 12.8. The van der Waals surface area contributed by atoms with Crippen LogP contribution in [0.3, 0.4) is 0 Å². The van der Waals surface area contributed by atoms with Crippen LogP contribution < -0.4 is 10.1 Å². The highest BCUT2D eigenvalue weighted by Gasteiger charge is 2.19. The number of hydrogen-bond donors (Lipinski definition) is 1. The fourth-order valence-electron chi connectivity index (χ4n) is 3.32. The summed E-state index contributed by atoms with van der Waals surface area (Å²) in [6.45, 7) is 0. The van der Waals surface area contributed by atoms with Crippen LogP contribution in [0.25, 0.3) is 11.0 Å². The number of amides is 1. The van der Waals surface area contributed by atoms with Gasteiger partial charge < -0.3 is 10.1 Å². The van der Waals surface area contributed by atoms with Crippen molar-refractivity contribution in [1.82, 2.24) is 20.3 Å². The molecule has 0 saturated carbocycles. The van der Waals surface area contributed by atoms with Gasteiger partial charge in [-0.1, -0.05) is 59.8 Å². The van der Waals surface area contributed by atoms with Gasteiger partial charge in [-0.3, -0.25) is 4.79 Å². The fraction of sp³-hybridized carbons (Fsp3) is 0.174. The molecule has 3 aromatic carbocycles. The second-order valence-electron chi connectivity index (χ2n) is 6.82. The van der Waals surface area contributed by atoms with E-state index >= 15 is 0 Å². The Kier molecular flexibility index (Phi) is 5.52. The molecule has 1 heterocycles. The maximum Gasteiger partial charge on any atom is 0.226 e. The van der Waals surface area contributed by atoms with Crippen LogP contribution in [0.15, 0.2) is 78.9 Å². The van der Waals surface area contributed by atoms with Gasteiger partial charge >= 0.3 is 0 Å².